The van der Waals surface area contributed by atoms with Crippen molar-refractivity contribution in [1.29, 1.82) is 0 Å². The number of amides is 2. The van der Waals surface area contributed by atoms with Crippen LogP contribution in [-0.2, 0) is 11.3 Å². The van der Waals surface area contributed by atoms with Crippen LogP contribution < -0.4 is 0 Å². The number of hydrogen-bond donors (Lipinski definition) is 0. The smallest absolute Gasteiger partial charge is 0.293 e. The molecular formula is C25H17FN2O2S. The summed E-state index contributed by atoms with van der Waals surface area (Å²) in [5.41, 5.74) is 2.48. The van der Waals surface area contributed by atoms with Crippen molar-refractivity contribution in [3.05, 3.63) is 107 Å². The summed E-state index contributed by atoms with van der Waals surface area (Å²) in [6.45, 7) is 0.119. The fourth-order valence-electron chi connectivity index (χ4n) is 3.62. The topological polar surface area (TPSA) is 42.3 Å². The molecule has 0 atom stereocenters. The molecule has 4 aromatic rings. The first kappa shape index (κ1) is 19.3. The molecule has 0 aliphatic carbocycles. The van der Waals surface area contributed by atoms with Crippen LogP contribution in [0.2, 0.25) is 0 Å². The van der Waals surface area contributed by atoms with E-state index in [2.05, 4.69) is 24.3 Å². The molecule has 1 fully saturated rings. The molecule has 1 aliphatic rings. The Balaban J connectivity index is 1.43. The van der Waals surface area contributed by atoms with E-state index in [0.717, 1.165) is 33.9 Å². The summed E-state index contributed by atoms with van der Waals surface area (Å²) >= 11 is 0.920. The van der Waals surface area contributed by atoms with Crippen LogP contribution in [0.15, 0.2) is 90.0 Å². The van der Waals surface area contributed by atoms with Gasteiger partial charge in [0.1, 0.15) is 5.82 Å². The van der Waals surface area contributed by atoms with Crippen LogP contribution in [0.3, 0.4) is 0 Å². The first-order valence-corrected chi connectivity index (χ1v) is 10.6. The second-order valence-electron chi connectivity index (χ2n) is 7.23. The largest absolute Gasteiger partial charge is 0.317 e. The van der Waals surface area contributed by atoms with Gasteiger partial charge >= 0.3 is 0 Å². The lowest BCUT2D eigenvalue weighted by atomic mass is 10.1. The third-order valence-electron chi connectivity index (χ3n) is 5.20. The summed E-state index contributed by atoms with van der Waals surface area (Å²) in [6.07, 6.45) is 3.67. The van der Waals surface area contributed by atoms with Crippen LogP contribution in [0.25, 0.3) is 22.5 Å². The number of carbonyl (C=O) groups excluding carboxylic acids is 2. The van der Waals surface area contributed by atoms with Gasteiger partial charge in [0.2, 0.25) is 0 Å². The molecule has 0 spiro atoms. The Morgan fingerprint density at radius 3 is 2.45 bits per heavy atom. The number of carbonyl (C=O) groups is 2. The van der Waals surface area contributed by atoms with E-state index in [1.165, 1.54) is 17.0 Å². The molecule has 2 amide bonds. The average molecular weight is 428 g/mol. The predicted molar refractivity (Wildman–Crippen MR) is 121 cm³/mol. The summed E-state index contributed by atoms with van der Waals surface area (Å²) in [5, 5.41) is 1.95. The average Bonchev–Trinajstić information content (AvgIpc) is 3.35. The maximum absolute atomic E-state index is 13.1. The van der Waals surface area contributed by atoms with Gasteiger partial charge in [-0.1, -0.05) is 42.5 Å². The van der Waals surface area contributed by atoms with Crippen molar-refractivity contribution in [2.45, 2.75) is 6.54 Å². The quantitative estimate of drug-likeness (QED) is 0.374. The fourth-order valence-corrected chi connectivity index (χ4v) is 4.44. The number of nitrogens with zero attached hydrogens (tertiary/aromatic N) is 2. The van der Waals surface area contributed by atoms with Gasteiger partial charge in [-0.2, -0.15) is 0 Å². The van der Waals surface area contributed by atoms with Gasteiger partial charge < -0.3 is 4.57 Å². The van der Waals surface area contributed by atoms with E-state index in [0.29, 0.717) is 10.5 Å². The lowest BCUT2D eigenvalue weighted by Gasteiger charge is -2.12. The summed E-state index contributed by atoms with van der Waals surface area (Å²) < 4.78 is 15.1. The first-order chi connectivity index (χ1) is 15.1. The van der Waals surface area contributed by atoms with E-state index >= 15 is 0 Å². The monoisotopic (exact) mass is 428 g/mol. The van der Waals surface area contributed by atoms with Gasteiger partial charge in [-0.15, -0.1) is 0 Å². The number of aromatic nitrogens is 1. The molecule has 152 valence electrons. The standard InChI is InChI=1S/C25H17FN2O2S/c26-20-10-7-17(8-11-20)16-28-24(29)23(31-25(28)30)15-21-6-3-13-27(21)22-12-9-18-4-1-2-5-19(18)14-22/h1-15H,16H2/b23-15-. The molecule has 0 N–H and O–H groups in total. The van der Waals surface area contributed by atoms with Crippen LogP contribution in [0.4, 0.5) is 9.18 Å². The first-order valence-electron chi connectivity index (χ1n) is 9.75. The van der Waals surface area contributed by atoms with Gasteiger partial charge in [0.15, 0.2) is 0 Å². The van der Waals surface area contributed by atoms with Crippen molar-refractivity contribution in [3.8, 4) is 5.69 Å². The second kappa shape index (κ2) is 7.89. The van der Waals surface area contributed by atoms with E-state index in [1.807, 2.05) is 41.1 Å². The predicted octanol–water partition coefficient (Wildman–Crippen LogP) is 6.01. The number of hydrogen-bond acceptors (Lipinski definition) is 3. The highest BCUT2D eigenvalue weighted by molar-refractivity contribution is 8.18. The van der Waals surface area contributed by atoms with Crippen LogP contribution in [0.5, 0.6) is 0 Å². The van der Waals surface area contributed by atoms with Crippen LogP contribution >= 0.6 is 11.8 Å². The van der Waals surface area contributed by atoms with Crippen molar-refractivity contribution in [2.24, 2.45) is 0 Å². The van der Waals surface area contributed by atoms with Gasteiger partial charge in [0.25, 0.3) is 11.1 Å². The summed E-state index contributed by atoms with van der Waals surface area (Å²) in [5.74, 6) is -0.696. The highest BCUT2D eigenvalue weighted by Gasteiger charge is 2.35. The fraction of sp³-hybridized carbons (Fsp3) is 0.0400. The molecule has 3 aromatic carbocycles. The van der Waals surface area contributed by atoms with Crippen molar-refractivity contribution in [3.63, 3.8) is 0 Å². The second-order valence-corrected chi connectivity index (χ2v) is 8.22. The van der Waals surface area contributed by atoms with E-state index < -0.39 is 0 Å². The molecule has 0 saturated carbocycles. The zero-order valence-electron chi connectivity index (χ0n) is 16.4. The van der Waals surface area contributed by atoms with Crippen molar-refractivity contribution < 1.29 is 14.0 Å². The number of thioether (sulfide) groups is 1. The molecule has 1 saturated heterocycles. The third-order valence-corrected chi connectivity index (χ3v) is 6.11. The Hall–Kier alpha value is -3.64. The van der Waals surface area contributed by atoms with E-state index in [-0.39, 0.29) is 23.5 Å². The molecule has 2 heterocycles. The molecule has 31 heavy (non-hydrogen) atoms. The van der Waals surface area contributed by atoms with Crippen LogP contribution in [0, 0.1) is 5.82 Å². The Morgan fingerprint density at radius 2 is 1.65 bits per heavy atom. The Morgan fingerprint density at radius 1 is 0.871 bits per heavy atom. The number of imide groups is 1. The normalized spacial score (nSPS) is 15.4. The highest BCUT2D eigenvalue weighted by Crippen LogP contribution is 2.34. The molecule has 1 aliphatic heterocycles. The van der Waals surface area contributed by atoms with Gasteiger partial charge in [0.05, 0.1) is 11.4 Å². The van der Waals surface area contributed by atoms with Crippen molar-refractivity contribution in [1.82, 2.24) is 9.47 Å². The summed E-state index contributed by atoms with van der Waals surface area (Å²) in [4.78, 5) is 26.9. The van der Waals surface area contributed by atoms with Crippen molar-refractivity contribution in [2.75, 3.05) is 0 Å². The SMILES string of the molecule is O=C1S/C(=C\c2cccn2-c2ccc3ccccc3c2)C(=O)N1Cc1ccc(F)cc1. The maximum atomic E-state index is 13.1. The number of halogens is 1. The summed E-state index contributed by atoms with van der Waals surface area (Å²) in [6, 6.07) is 23.9. The van der Waals surface area contributed by atoms with E-state index in [9.17, 15) is 14.0 Å². The third kappa shape index (κ3) is 3.78. The van der Waals surface area contributed by atoms with E-state index in [1.54, 1.807) is 18.2 Å². The number of benzene rings is 3. The Kier molecular flexibility index (Phi) is 4.92. The highest BCUT2D eigenvalue weighted by atomic mass is 32.2. The summed E-state index contributed by atoms with van der Waals surface area (Å²) in [7, 11) is 0. The minimum atomic E-state index is -0.354. The van der Waals surface area contributed by atoms with Crippen molar-refractivity contribution >= 4 is 39.8 Å². The van der Waals surface area contributed by atoms with Gasteiger partial charge in [0, 0.05) is 17.6 Å². The zero-order valence-corrected chi connectivity index (χ0v) is 17.2. The van der Waals surface area contributed by atoms with Gasteiger partial charge in [-0.25, -0.2) is 4.39 Å². The molecule has 1 aromatic heterocycles. The number of rotatable bonds is 4. The van der Waals surface area contributed by atoms with Gasteiger partial charge in [-0.05, 0) is 70.6 Å². The lowest BCUT2D eigenvalue weighted by Crippen LogP contribution is -2.27. The molecular weight excluding hydrogens is 411 g/mol. The lowest BCUT2D eigenvalue weighted by molar-refractivity contribution is -0.123. The van der Waals surface area contributed by atoms with Gasteiger partial charge in [-0.3, -0.25) is 14.5 Å². The number of fused-ring (bicyclic) bond motifs is 1. The maximum Gasteiger partial charge on any atom is 0.293 e. The molecule has 0 bridgehead atoms. The molecule has 5 rings (SSSR count). The van der Waals surface area contributed by atoms with Crippen LogP contribution in [-0.4, -0.2) is 20.6 Å². The molecule has 0 unspecified atom stereocenters. The molecule has 4 nitrogen and oxygen atoms in total. The molecule has 6 heteroatoms. The Bertz CT molecular complexity index is 1340. The van der Waals surface area contributed by atoms with E-state index in [4.69, 9.17) is 0 Å². The minimum Gasteiger partial charge on any atom is -0.317 e. The Labute approximate surface area is 182 Å². The minimum absolute atomic E-state index is 0.119. The van der Waals surface area contributed by atoms with Crippen LogP contribution in [0.1, 0.15) is 11.3 Å². The zero-order chi connectivity index (χ0) is 21.4. The molecule has 0 radical (unpaired) electrons.